The molecule has 2 aromatic carbocycles. The molecule has 0 saturated heterocycles. The van der Waals surface area contributed by atoms with E-state index in [0.717, 1.165) is 24.2 Å². The van der Waals surface area contributed by atoms with Crippen LogP contribution in [0.2, 0.25) is 0 Å². The Morgan fingerprint density at radius 2 is 1.74 bits per heavy atom. The molecule has 31 heavy (non-hydrogen) atoms. The van der Waals surface area contributed by atoms with Crippen LogP contribution >= 0.6 is 0 Å². The number of amides is 2. The van der Waals surface area contributed by atoms with Crippen molar-refractivity contribution in [2.24, 2.45) is 0 Å². The molecule has 1 aliphatic carbocycles. The highest BCUT2D eigenvalue weighted by Gasteiger charge is 2.20. The van der Waals surface area contributed by atoms with Crippen molar-refractivity contribution < 1.29 is 19.1 Å². The predicted octanol–water partition coefficient (Wildman–Crippen LogP) is 4.36. The van der Waals surface area contributed by atoms with Gasteiger partial charge in [0.25, 0.3) is 11.8 Å². The maximum absolute atomic E-state index is 12.9. The molecular formula is C25H32N2O4. The first-order chi connectivity index (χ1) is 15.0. The number of hydrogen-bond acceptors (Lipinski definition) is 4. The number of nitrogens with one attached hydrogen (secondary N) is 1. The van der Waals surface area contributed by atoms with Crippen LogP contribution in [0, 0.1) is 0 Å². The highest BCUT2D eigenvalue weighted by molar-refractivity contribution is 5.94. The van der Waals surface area contributed by atoms with Gasteiger partial charge in [0.2, 0.25) is 0 Å². The monoisotopic (exact) mass is 424 g/mol. The zero-order chi connectivity index (χ0) is 22.2. The fourth-order valence-corrected chi connectivity index (χ4v) is 3.69. The number of carbonyl (C=O) groups excluding carboxylic acids is 2. The third-order valence-corrected chi connectivity index (χ3v) is 5.58. The molecule has 3 rings (SSSR count). The van der Waals surface area contributed by atoms with Crippen LogP contribution in [0.3, 0.4) is 0 Å². The van der Waals surface area contributed by atoms with E-state index in [4.69, 9.17) is 9.47 Å². The van der Waals surface area contributed by atoms with Gasteiger partial charge < -0.3 is 19.7 Å². The molecule has 1 aliphatic rings. The summed E-state index contributed by atoms with van der Waals surface area (Å²) >= 11 is 0. The summed E-state index contributed by atoms with van der Waals surface area (Å²) in [6.45, 7) is 1.96. The summed E-state index contributed by atoms with van der Waals surface area (Å²) in [4.78, 5) is 26.2. The Morgan fingerprint density at radius 1 is 1.06 bits per heavy atom. The first-order valence-electron chi connectivity index (χ1n) is 11.0. The van der Waals surface area contributed by atoms with Gasteiger partial charge in [-0.25, -0.2) is 0 Å². The van der Waals surface area contributed by atoms with Crippen LogP contribution in [0.1, 0.15) is 61.0 Å². The van der Waals surface area contributed by atoms with Crippen LogP contribution in [-0.2, 0) is 4.79 Å². The Morgan fingerprint density at radius 3 is 2.39 bits per heavy atom. The van der Waals surface area contributed by atoms with Crippen molar-refractivity contribution in [3.63, 3.8) is 0 Å². The lowest BCUT2D eigenvalue weighted by molar-refractivity contribution is -0.130. The lowest BCUT2D eigenvalue weighted by atomic mass is 10.0. The van der Waals surface area contributed by atoms with Crippen LogP contribution in [-0.4, -0.2) is 43.5 Å². The first-order valence-corrected chi connectivity index (χ1v) is 11.0. The second-order valence-electron chi connectivity index (χ2n) is 8.10. The van der Waals surface area contributed by atoms with E-state index in [1.165, 1.54) is 17.7 Å². The molecule has 1 saturated carbocycles. The third-order valence-electron chi connectivity index (χ3n) is 5.58. The SMILES string of the molecule is CCC(NC(=O)c1ccc(OC2CCCC2)cc1)c1ccccc1OCC(=O)N(C)C. The molecule has 0 heterocycles. The van der Waals surface area contributed by atoms with E-state index >= 15 is 0 Å². The largest absolute Gasteiger partial charge is 0.490 e. The maximum atomic E-state index is 12.9. The van der Waals surface area contributed by atoms with Gasteiger partial charge in [0.15, 0.2) is 6.61 Å². The molecule has 1 unspecified atom stereocenters. The Hall–Kier alpha value is -3.02. The molecule has 0 aliphatic heterocycles. The highest BCUT2D eigenvalue weighted by atomic mass is 16.5. The van der Waals surface area contributed by atoms with E-state index in [2.05, 4.69) is 5.32 Å². The molecule has 0 spiro atoms. The van der Waals surface area contributed by atoms with Crippen molar-refractivity contribution in [1.29, 1.82) is 0 Å². The van der Waals surface area contributed by atoms with Crippen molar-refractivity contribution in [2.45, 2.75) is 51.2 Å². The lowest BCUT2D eigenvalue weighted by Crippen LogP contribution is -2.30. The molecule has 0 aromatic heterocycles. The van der Waals surface area contributed by atoms with Crippen molar-refractivity contribution in [3.8, 4) is 11.5 Å². The Labute approximate surface area is 184 Å². The second kappa shape index (κ2) is 10.8. The zero-order valence-electron chi connectivity index (χ0n) is 18.6. The summed E-state index contributed by atoms with van der Waals surface area (Å²) in [7, 11) is 3.38. The van der Waals surface area contributed by atoms with E-state index in [9.17, 15) is 9.59 Å². The van der Waals surface area contributed by atoms with E-state index < -0.39 is 0 Å². The van der Waals surface area contributed by atoms with Crippen molar-refractivity contribution in [1.82, 2.24) is 10.2 Å². The maximum Gasteiger partial charge on any atom is 0.259 e. The number of likely N-dealkylation sites (N-methyl/N-ethyl adjacent to an activating group) is 1. The Balaban J connectivity index is 1.65. The molecule has 1 N–H and O–H groups in total. The van der Waals surface area contributed by atoms with Gasteiger partial charge in [-0.15, -0.1) is 0 Å². The standard InChI is InChI=1S/C25H32N2O4/c1-4-22(21-11-7-8-12-23(21)30-17-24(28)27(2)3)26-25(29)18-13-15-20(16-14-18)31-19-9-5-6-10-19/h7-8,11-16,19,22H,4-6,9-10,17H2,1-3H3,(H,26,29). The van der Waals surface area contributed by atoms with Gasteiger partial charge >= 0.3 is 0 Å². The van der Waals surface area contributed by atoms with E-state index in [1.807, 2.05) is 43.3 Å². The van der Waals surface area contributed by atoms with Crippen molar-refractivity contribution in [3.05, 3.63) is 59.7 Å². The number of benzene rings is 2. The summed E-state index contributed by atoms with van der Waals surface area (Å²) in [5.74, 6) is 1.13. The number of ether oxygens (including phenoxy) is 2. The molecule has 1 atom stereocenters. The fraction of sp³-hybridized carbons (Fsp3) is 0.440. The molecule has 166 valence electrons. The average molecular weight is 425 g/mol. The molecular weight excluding hydrogens is 392 g/mol. The number of nitrogens with zero attached hydrogens (tertiary/aromatic N) is 1. The van der Waals surface area contributed by atoms with Gasteiger partial charge in [-0.3, -0.25) is 9.59 Å². The summed E-state index contributed by atoms with van der Waals surface area (Å²) in [5.41, 5.74) is 1.43. The van der Waals surface area contributed by atoms with Gasteiger partial charge in [-0.05, 0) is 62.4 Å². The second-order valence-corrected chi connectivity index (χ2v) is 8.10. The molecule has 6 nitrogen and oxygen atoms in total. The summed E-state index contributed by atoms with van der Waals surface area (Å²) < 4.78 is 11.7. The molecule has 0 bridgehead atoms. The molecule has 6 heteroatoms. The highest BCUT2D eigenvalue weighted by Crippen LogP contribution is 2.28. The topological polar surface area (TPSA) is 67.9 Å². The van der Waals surface area contributed by atoms with Crippen LogP contribution in [0.4, 0.5) is 0 Å². The third kappa shape index (κ3) is 6.23. The number of para-hydroxylation sites is 1. The zero-order valence-corrected chi connectivity index (χ0v) is 18.6. The van der Waals surface area contributed by atoms with Gasteiger partial charge in [0.1, 0.15) is 11.5 Å². The van der Waals surface area contributed by atoms with E-state index in [1.54, 1.807) is 26.2 Å². The number of carbonyl (C=O) groups is 2. The average Bonchev–Trinajstić information content (AvgIpc) is 3.29. The predicted molar refractivity (Wildman–Crippen MR) is 120 cm³/mol. The first kappa shape index (κ1) is 22.7. The fourth-order valence-electron chi connectivity index (χ4n) is 3.69. The molecule has 2 aromatic rings. The molecule has 0 radical (unpaired) electrons. The Bertz CT molecular complexity index is 873. The van der Waals surface area contributed by atoms with Crippen molar-refractivity contribution >= 4 is 11.8 Å². The van der Waals surface area contributed by atoms with Gasteiger partial charge in [-0.2, -0.15) is 0 Å². The van der Waals surface area contributed by atoms with Crippen LogP contribution in [0.15, 0.2) is 48.5 Å². The lowest BCUT2D eigenvalue weighted by Gasteiger charge is -2.21. The summed E-state index contributed by atoms with van der Waals surface area (Å²) in [5, 5.41) is 3.09. The van der Waals surface area contributed by atoms with Crippen LogP contribution < -0.4 is 14.8 Å². The van der Waals surface area contributed by atoms with Crippen LogP contribution in [0.5, 0.6) is 11.5 Å². The van der Waals surface area contributed by atoms with Gasteiger partial charge in [-0.1, -0.05) is 25.1 Å². The summed E-state index contributed by atoms with van der Waals surface area (Å²) in [6, 6.07) is 14.6. The minimum Gasteiger partial charge on any atom is -0.490 e. The quantitative estimate of drug-likeness (QED) is 0.650. The minimum absolute atomic E-state index is 0.0448. The van der Waals surface area contributed by atoms with Gasteiger partial charge in [0, 0.05) is 25.2 Å². The van der Waals surface area contributed by atoms with Crippen LogP contribution in [0.25, 0.3) is 0 Å². The van der Waals surface area contributed by atoms with E-state index in [-0.39, 0.29) is 24.5 Å². The smallest absolute Gasteiger partial charge is 0.259 e. The normalized spacial score (nSPS) is 14.7. The molecule has 1 fully saturated rings. The molecule has 2 amide bonds. The van der Waals surface area contributed by atoms with Crippen molar-refractivity contribution in [2.75, 3.05) is 20.7 Å². The number of hydrogen-bond donors (Lipinski definition) is 1. The summed E-state index contributed by atoms with van der Waals surface area (Å²) in [6.07, 6.45) is 5.62. The number of rotatable bonds is 9. The van der Waals surface area contributed by atoms with E-state index in [0.29, 0.717) is 23.8 Å². The minimum atomic E-state index is -0.229. The van der Waals surface area contributed by atoms with Gasteiger partial charge in [0.05, 0.1) is 12.1 Å². The Kier molecular flexibility index (Phi) is 7.93.